The third-order valence-corrected chi connectivity index (χ3v) is 3.03. The summed E-state index contributed by atoms with van der Waals surface area (Å²) in [6.07, 6.45) is 3.51. The Kier molecular flexibility index (Phi) is 3.93. The molecular formula is C11H22N2O. The van der Waals surface area contributed by atoms with E-state index in [0.717, 1.165) is 25.9 Å². The van der Waals surface area contributed by atoms with E-state index in [0.29, 0.717) is 0 Å². The zero-order valence-corrected chi connectivity index (χ0v) is 9.52. The molecule has 0 aromatic carbocycles. The third kappa shape index (κ3) is 2.98. The smallest absolute Gasteiger partial charge is 0.224 e. The lowest BCUT2D eigenvalue weighted by atomic mass is 9.78. The molecule has 1 amide bonds. The summed E-state index contributed by atoms with van der Waals surface area (Å²) in [4.78, 5) is 11.7. The van der Waals surface area contributed by atoms with Crippen molar-refractivity contribution in [3.63, 3.8) is 0 Å². The molecule has 0 heterocycles. The molecule has 2 N–H and O–H groups in total. The van der Waals surface area contributed by atoms with Gasteiger partial charge in [-0.15, -0.1) is 0 Å². The van der Waals surface area contributed by atoms with Gasteiger partial charge in [-0.3, -0.25) is 4.79 Å². The molecule has 0 spiro atoms. The minimum absolute atomic E-state index is 0.0763. The highest BCUT2D eigenvalue weighted by atomic mass is 16.2. The molecule has 1 atom stereocenters. The van der Waals surface area contributed by atoms with E-state index in [4.69, 9.17) is 0 Å². The van der Waals surface area contributed by atoms with Gasteiger partial charge < -0.3 is 10.6 Å². The van der Waals surface area contributed by atoms with Crippen LogP contribution in [0.3, 0.4) is 0 Å². The fourth-order valence-electron chi connectivity index (χ4n) is 1.71. The van der Waals surface area contributed by atoms with Crippen LogP contribution in [0.5, 0.6) is 0 Å². The molecule has 82 valence electrons. The highest BCUT2D eigenvalue weighted by molar-refractivity contribution is 5.79. The second-order valence-corrected chi connectivity index (χ2v) is 4.61. The van der Waals surface area contributed by atoms with Crippen molar-refractivity contribution in [1.29, 1.82) is 0 Å². The highest BCUT2D eigenvalue weighted by Gasteiger charge is 2.33. The molecule has 1 fully saturated rings. The Labute approximate surface area is 86.6 Å². The molecule has 0 aromatic rings. The minimum atomic E-state index is 0.0763. The van der Waals surface area contributed by atoms with Crippen molar-refractivity contribution >= 4 is 5.91 Å². The van der Waals surface area contributed by atoms with Crippen LogP contribution in [0.25, 0.3) is 0 Å². The summed E-state index contributed by atoms with van der Waals surface area (Å²) in [5.41, 5.74) is 0.0948. The molecule has 0 bridgehead atoms. The maximum absolute atomic E-state index is 11.7. The Bertz CT molecular complexity index is 199. The first kappa shape index (κ1) is 11.5. The quantitative estimate of drug-likeness (QED) is 0.699. The van der Waals surface area contributed by atoms with Crippen LogP contribution in [-0.4, -0.2) is 24.5 Å². The van der Waals surface area contributed by atoms with Gasteiger partial charge in [-0.05, 0) is 32.7 Å². The van der Waals surface area contributed by atoms with Gasteiger partial charge in [0.15, 0.2) is 0 Å². The van der Waals surface area contributed by atoms with E-state index in [2.05, 4.69) is 24.5 Å². The number of carbonyl (C=O) groups excluding carboxylic acids is 1. The number of nitrogens with one attached hydrogen (secondary N) is 2. The van der Waals surface area contributed by atoms with Crippen LogP contribution in [0.15, 0.2) is 0 Å². The summed E-state index contributed by atoms with van der Waals surface area (Å²) in [5, 5.41) is 6.31. The zero-order valence-electron chi connectivity index (χ0n) is 9.52. The predicted octanol–water partition coefficient (Wildman–Crippen LogP) is 1.29. The summed E-state index contributed by atoms with van der Waals surface area (Å²) in [5.74, 6) is 0.264. The topological polar surface area (TPSA) is 41.1 Å². The number of amides is 1. The second kappa shape index (κ2) is 4.78. The normalized spacial score (nSPS) is 21.1. The van der Waals surface area contributed by atoms with Crippen molar-refractivity contribution in [2.24, 2.45) is 5.92 Å². The lowest BCUT2D eigenvalue weighted by Gasteiger charge is -2.39. The summed E-state index contributed by atoms with van der Waals surface area (Å²) in [7, 11) is 0. The standard InChI is InChI=1S/C11H22N2O/c1-4-12-8-9(2)10(14)13-11(3)6-5-7-11/h9,12H,4-8H2,1-3H3,(H,13,14). The molecule has 0 radical (unpaired) electrons. The van der Waals surface area contributed by atoms with Gasteiger partial charge in [0.05, 0.1) is 0 Å². The van der Waals surface area contributed by atoms with Crippen molar-refractivity contribution < 1.29 is 4.79 Å². The Morgan fingerprint density at radius 3 is 2.57 bits per heavy atom. The van der Waals surface area contributed by atoms with Gasteiger partial charge in [-0.1, -0.05) is 13.8 Å². The van der Waals surface area contributed by atoms with Gasteiger partial charge in [0.1, 0.15) is 0 Å². The lowest BCUT2D eigenvalue weighted by molar-refractivity contribution is -0.127. The molecule has 0 aromatic heterocycles. The average molecular weight is 198 g/mol. The second-order valence-electron chi connectivity index (χ2n) is 4.61. The van der Waals surface area contributed by atoms with Gasteiger partial charge >= 0.3 is 0 Å². The molecule has 1 rings (SSSR count). The number of hydrogen-bond donors (Lipinski definition) is 2. The van der Waals surface area contributed by atoms with E-state index < -0.39 is 0 Å². The molecule has 1 aliphatic carbocycles. The van der Waals surface area contributed by atoms with Crippen molar-refractivity contribution in [2.75, 3.05) is 13.1 Å². The highest BCUT2D eigenvalue weighted by Crippen LogP contribution is 2.31. The number of hydrogen-bond acceptors (Lipinski definition) is 2. The zero-order chi connectivity index (χ0) is 10.6. The summed E-state index contributed by atoms with van der Waals surface area (Å²) in [6.45, 7) is 7.86. The van der Waals surface area contributed by atoms with Crippen LogP contribution in [0.1, 0.15) is 40.0 Å². The van der Waals surface area contributed by atoms with Crippen LogP contribution in [0.2, 0.25) is 0 Å². The number of carbonyl (C=O) groups is 1. The lowest BCUT2D eigenvalue weighted by Crippen LogP contribution is -2.53. The first-order valence-corrected chi connectivity index (χ1v) is 5.60. The largest absolute Gasteiger partial charge is 0.351 e. The van der Waals surface area contributed by atoms with E-state index in [9.17, 15) is 4.79 Å². The van der Waals surface area contributed by atoms with E-state index in [-0.39, 0.29) is 17.4 Å². The third-order valence-electron chi connectivity index (χ3n) is 3.03. The summed E-state index contributed by atoms with van der Waals surface area (Å²) < 4.78 is 0. The van der Waals surface area contributed by atoms with Crippen LogP contribution in [-0.2, 0) is 4.79 Å². The molecule has 1 unspecified atom stereocenters. The van der Waals surface area contributed by atoms with Crippen molar-refractivity contribution in [2.45, 2.75) is 45.6 Å². The van der Waals surface area contributed by atoms with Gasteiger partial charge in [0, 0.05) is 18.0 Å². The van der Waals surface area contributed by atoms with Gasteiger partial charge in [0.25, 0.3) is 0 Å². The first-order valence-electron chi connectivity index (χ1n) is 5.60. The van der Waals surface area contributed by atoms with Gasteiger partial charge in [-0.25, -0.2) is 0 Å². The average Bonchev–Trinajstić information content (AvgIpc) is 2.11. The monoisotopic (exact) mass is 198 g/mol. The summed E-state index contributed by atoms with van der Waals surface area (Å²) in [6, 6.07) is 0. The van der Waals surface area contributed by atoms with Crippen LogP contribution >= 0.6 is 0 Å². The van der Waals surface area contributed by atoms with Crippen molar-refractivity contribution in [3.8, 4) is 0 Å². The molecule has 1 saturated carbocycles. The first-order chi connectivity index (χ1) is 6.57. The van der Waals surface area contributed by atoms with Crippen molar-refractivity contribution in [1.82, 2.24) is 10.6 Å². The Balaban J connectivity index is 2.26. The summed E-state index contributed by atoms with van der Waals surface area (Å²) >= 11 is 0. The Hall–Kier alpha value is -0.570. The molecule has 3 nitrogen and oxygen atoms in total. The van der Waals surface area contributed by atoms with Crippen LogP contribution in [0.4, 0.5) is 0 Å². The fourth-order valence-corrected chi connectivity index (χ4v) is 1.71. The minimum Gasteiger partial charge on any atom is -0.351 e. The van der Waals surface area contributed by atoms with E-state index in [1.807, 2.05) is 6.92 Å². The molecule has 14 heavy (non-hydrogen) atoms. The molecule has 3 heteroatoms. The fraction of sp³-hybridized carbons (Fsp3) is 0.909. The molecular weight excluding hydrogens is 176 g/mol. The van der Waals surface area contributed by atoms with Crippen LogP contribution < -0.4 is 10.6 Å². The maximum Gasteiger partial charge on any atom is 0.224 e. The maximum atomic E-state index is 11.7. The van der Waals surface area contributed by atoms with E-state index in [1.165, 1.54) is 6.42 Å². The van der Waals surface area contributed by atoms with E-state index in [1.54, 1.807) is 0 Å². The molecule has 0 aliphatic heterocycles. The number of rotatable bonds is 5. The predicted molar refractivity (Wildman–Crippen MR) is 58.1 cm³/mol. The van der Waals surface area contributed by atoms with Crippen molar-refractivity contribution in [3.05, 3.63) is 0 Å². The Morgan fingerprint density at radius 2 is 2.14 bits per heavy atom. The van der Waals surface area contributed by atoms with Gasteiger partial charge in [0.2, 0.25) is 5.91 Å². The van der Waals surface area contributed by atoms with Gasteiger partial charge in [-0.2, -0.15) is 0 Å². The SMILES string of the molecule is CCNCC(C)C(=O)NC1(C)CCC1. The van der Waals surface area contributed by atoms with Crippen LogP contribution in [0, 0.1) is 5.92 Å². The Morgan fingerprint density at radius 1 is 1.50 bits per heavy atom. The molecule has 0 saturated heterocycles. The molecule has 1 aliphatic rings. The van der Waals surface area contributed by atoms with E-state index >= 15 is 0 Å².